The van der Waals surface area contributed by atoms with Crippen molar-refractivity contribution < 1.29 is 4.74 Å². The molecule has 2 aliphatic heterocycles. The van der Waals surface area contributed by atoms with Gasteiger partial charge in [-0.1, -0.05) is 6.08 Å². The highest BCUT2D eigenvalue weighted by Gasteiger charge is 2.21. The molecule has 0 radical (unpaired) electrons. The number of aromatic nitrogens is 3. The van der Waals surface area contributed by atoms with Crippen molar-refractivity contribution in [2.24, 2.45) is 4.99 Å². The lowest BCUT2D eigenvalue weighted by atomic mass is 10.1. The number of nitrogens with one attached hydrogen (secondary N) is 3. The summed E-state index contributed by atoms with van der Waals surface area (Å²) in [5, 5.41) is 6.94. The molecule has 0 amide bonds. The molecule has 144 valence electrons. The van der Waals surface area contributed by atoms with Crippen LogP contribution in [0.4, 0.5) is 0 Å². The fraction of sp³-hybridized carbons (Fsp3) is 0.333. The van der Waals surface area contributed by atoms with E-state index in [1.54, 1.807) is 7.11 Å². The Kier molecular flexibility index (Phi) is 4.37. The zero-order valence-corrected chi connectivity index (χ0v) is 15.9. The molecule has 0 spiro atoms. The van der Waals surface area contributed by atoms with Gasteiger partial charge in [-0.3, -0.25) is 4.99 Å². The topological polar surface area (TPSA) is 78.7 Å². The number of methoxy groups -OCH3 is 1. The smallest absolute Gasteiger partial charge is 0.140 e. The summed E-state index contributed by atoms with van der Waals surface area (Å²) in [5.74, 6) is 1.77. The van der Waals surface area contributed by atoms with Crippen LogP contribution in [0.1, 0.15) is 24.6 Å². The summed E-state index contributed by atoms with van der Waals surface area (Å²) < 4.78 is 7.73. The average molecular weight is 376 g/mol. The number of H-pyrrole nitrogens is 1. The highest BCUT2D eigenvalue weighted by Crippen LogP contribution is 2.33. The van der Waals surface area contributed by atoms with Gasteiger partial charge in [0, 0.05) is 48.4 Å². The lowest BCUT2D eigenvalue weighted by Gasteiger charge is -2.20. The molecule has 3 N–H and O–H groups in total. The normalized spacial score (nSPS) is 21.8. The number of hydrogen-bond acceptors (Lipinski definition) is 5. The van der Waals surface area contributed by atoms with Crippen molar-refractivity contribution in [3.8, 4) is 16.9 Å². The van der Waals surface area contributed by atoms with Gasteiger partial charge in [-0.25, -0.2) is 4.98 Å². The van der Waals surface area contributed by atoms with Crippen LogP contribution in [0.5, 0.6) is 5.75 Å². The maximum atomic E-state index is 5.60. The van der Waals surface area contributed by atoms with E-state index in [4.69, 9.17) is 9.73 Å². The summed E-state index contributed by atoms with van der Waals surface area (Å²) in [6.45, 7) is 2.06. The molecule has 1 fully saturated rings. The third kappa shape index (κ3) is 3.07. The number of ether oxygens (including phenoxy) is 1. The molecular weight excluding hydrogens is 352 g/mol. The fourth-order valence-electron chi connectivity index (χ4n) is 3.98. The molecule has 28 heavy (non-hydrogen) atoms. The second-order valence-corrected chi connectivity index (χ2v) is 7.27. The van der Waals surface area contributed by atoms with E-state index >= 15 is 0 Å². The van der Waals surface area contributed by atoms with Crippen LogP contribution in [0, 0.1) is 0 Å². The molecule has 2 unspecified atom stereocenters. The second-order valence-electron chi connectivity index (χ2n) is 7.27. The predicted molar refractivity (Wildman–Crippen MR) is 110 cm³/mol. The van der Waals surface area contributed by atoms with Gasteiger partial charge in [-0.15, -0.1) is 0 Å². The molecular formula is C21H24N6O. The number of fused-ring (bicyclic) bond motifs is 1. The largest absolute Gasteiger partial charge is 0.496 e. The Morgan fingerprint density at radius 3 is 3.11 bits per heavy atom. The third-order valence-electron chi connectivity index (χ3n) is 5.45. The van der Waals surface area contributed by atoms with Crippen molar-refractivity contribution in [1.29, 1.82) is 0 Å². The number of imidazole rings is 1. The van der Waals surface area contributed by atoms with Crippen LogP contribution in [0.15, 0.2) is 54.1 Å². The first kappa shape index (κ1) is 17.1. The highest BCUT2D eigenvalue weighted by atomic mass is 16.5. The fourth-order valence-corrected chi connectivity index (χ4v) is 3.98. The van der Waals surface area contributed by atoms with E-state index < -0.39 is 0 Å². The number of aromatic amines is 1. The van der Waals surface area contributed by atoms with Gasteiger partial charge >= 0.3 is 0 Å². The van der Waals surface area contributed by atoms with Crippen molar-refractivity contribution in [3.05, 3.63) is 54.8 Å². The van der Waals surface area contributed by atoms with Gasteiger partial charge in [0.2, 0.25) is 0 Å². The number of hydrogen-bond donors (Lipinski definition) is 3. The standard InChI is InChI=1S/C21H24N6O/c1-28-19-9-21-24-12-18(27(21)13-16(19)14-5-7-22-10-14)17-3-2-4-20(26-17)25-15-6-8-23-11-15/h2,4-5,7,9-10,12-13,15,17,22-23H,3,6,8,11H2,1H3,(H,25,26). The number of dihydropyridines is 1. The van der Waals surface area contributed by atoms with E-state index in [-0.39, 0.29) is 6.04 Å². The molecule has 7 heteroatoms. The van der Waals surface area contributed by atoms with Crippen molar-refractivity contribution in [2.45, 2.75) is 24.9 Å². The SMILES string of the molecule is COc1cc2ncc(C3CC=CC(NC4CCNC4)=N3)n2cc1-c1cc[nH]c1. The molecule has 5 rings (SSSR count). The van der Waals surface area contributed by atoms with E-state index in [9.17, 15) is 0 Å². The van der Waals surface area contributed by atoms with Crippen LogP contribution in [-0.2, 0) is 0 Å². The molecule has 5 heterocycles. The van der Waals surface area contributed by atoms with E-state index in [2.05, 4.69) is 43.4 Å². The summed E-state index contributed by atoms with van der Waals surface area (Å²) in [6, 6.07) is 4.52. The molecule has 3 aromatic heterocycles. The molecule has 3 aromatic rings. The Bertz CT molecular complexity index is 1030. The van der Waals surface area contributed by atoms with Crippen molar-refractivity contribution in [3.63, 3.8) is 0 Å². The summed E-state index contributed by atoms with van der Waals surface area (Å²) in [7, 11) is 1.69. The molecule has 2 atom stereocenters. The Morgan fingerprint density at radius 2 is 2.32 bits per heavy atom. The van der Waals surface area contributed by atoms with Gasteiger partial charge in [-0.05, 0) is 31.5 Å². The maximum absolute atomic E-state index is 5.60. The zero-order valence-electron chi connectivity index (χ0n) is 15.9. The van der Waals surface area contributed by atoms with Crippen molar-refractivity contribution in [2.75, 3.05) is 20.2 Å². The zero-order chi connectivity index (χ0) is 18.9. The Hall–Kier alpha value is -3.06. The number of aliphatic imine (C=N–C) groups is 1. The summed E-state index contributed by atoms with van der Waals surface area (Å²) in [5.41, 5.74) is 4.07. The van der Waals surface area contributed by atoms with Crippen LogP contribution in [-0.4, -0.2) is 46.4 Å². The highest BCUT2D eigenvalue weighted by molar-refractivity contribution is 5.94. The minimum Gasteiger partial charge on any atom is -0.496 e. The maximum Gasteiger partial charge on any atom is 0.140 e. The van der Waals surface area contributed by atoms with E-state index in [1.165, 1.54) is 0 Å². The van der Waals surface area contributed by atoms with Gasteiger partial charge in [0.25, 0.3) is 0 Å². The average Bonchev–Trinajstić information content (AvgIpc) is 3.48. The van der Waals surface area contributed by atoms with Gasteiger partial charge in [-0.2, -0.15) is 0 Å². The predicted octanol–water partition coefficient (Wildman–Crippen LogP) is 2.69. The van der Waals surface area contributed by atoms with Crippen LogP contribution in [0.25, 0.3) is 16.8 Å². The Labute approximate surface area is 163 Å². The minimum atomic E-state index is 0.0457. The Balaban J connectivity index is 1.51. The van der Waals surface area contributed by atoms with Gasteiger partial charge < -0.3 is 24.8 Å². The third-order valence-corrected chi connectivity index (χ3v) is 5.45. The molecule has 2 aliphatic rings. The number of rotatable bonds is 4. The monoisotopic (exact) mass is 376 g/mol. The lowest BCUT2D eigenvalue weighted by Crippen LogP contribution is -2.36. The number of pyridine rings is 1. The summed E-state index contributed by atoms with van der Waals surface area (Å²) in [6.07, 6.45) is 14.2. The Morgan fingerprint density at radius 1 is 1.36 bits per heavy atom. The number of amidine groups is 1. The van der Waals surface area contributed by atoms with E-state index in [0.717, 1.165) is 60.0 Å². The first-order valence-electron chi connectivity index (χ1n) is 9.71. The second kappa shape index (κ2) is 7.16. The van der Waals surface area contributed by atoms with Gasteiger partial charge in [0.15, 0.2) is 0 Å². The molecule has 7 nitrogen and oxygen atoms in total. The molecule has 0 aliphatic carbocycles. The van der Waals surface area contributed by atoms with Crippen molar-refractivity contribution in [1.82, 2.24) is 25.0 Å². The number of nitrogens with zero attached hydrogens (tertiary/aromatic N) is 3. The van der Waals surface area contributed by atoms with Crippen LogP contribution >= 0.6 is 0 Å². The first-order valence-corrected chi connectivity index (χ1v) is 9.71. The minimum absolute atomic E-state index is 0.0457. The van der Waals surface area contributed by atoms with Gasteiger partial charge in [0.1, 0.15) is 17.2 Å². The van der Waals surface area contributed by atoms with Crippen LogP contribution in [0.3, 0.4) is 0 Å². The molecule has 0 saturated carbocycles. The quantitative estimate of drug-likeness (QED) is 0.654. The molecule has 0 bridgehead atoms. The van der Waals surface area contributed by atoms with Crippen molar-refractivity contribution >= 4 is 11.5 Å². The first-order chi connectivity index (χ1) is 13.8. The van der Waals surface area contributed by atoms with Crippen LogP contribution < -0.4 is 15.4 Å². The molecule has 1 saturated heterocycles. The summed E-state index contributed by atoms with van der Waals surface area (Å²) in [4.78, 5) is 12.7. The lowest BCUT2D eigenvalue weighted by molar-refractivity contribution is 0.416. The van der Waals surface area contributed by atoms with E-state index in [1.807, 2.05) is 30.7 Å². The summed E-state index contributed by atoms with van der Waals surface area (Å²) >= 11 is 0. The van der Waals surface area contributed by atoms with Crippen LogP contribution in [0.2, 0.25) is 0 Å². The van der Waals surface area contributed by atoms with E-state index in [0.29, 0.717) is 6.04 Å². The molecule has 0 aromatic carbocycles. The van der Waals surface area contributed by atoms with Gasteiger partial charge in [0.05, 0.1) is 25.0 Å².